The van der Waals surface area contributed by atoms with Crippen LogP contribution in [0.25, 0.3) is 0 Å². The smallest absolute Gasteiger partial charge is 0.213 e. The molecule has 0 fully saturated rings. The van der Waals surface area contributed by atoms with Crippen molar-refractivity contribution in [2.24, 2.45) is 0 Å². The number of ether oxygens (including phenoxy) is 1. The Kier molecular flexibility index (Phi) is 3.80. The average molecular weight is 228 g/mol. The number of aromatic nitrogens is 1. The van der Waals surface area contributed by atoms with Gasteiger partial charge in [-0.1, -0.05) is 12.2 Å². The lowest BCUT2D eigenvalue weighted by molar-refractivity contribution is 0.348. The Morgan fingerprint density at radius 1 is 1.58 bits per heavy atom. The molecule has 0 radical (unpaired) electrons. The summed E-state index contributed by atoms with van der Waals surface area (Å²) in [4.78, 5) is 4.05. The fourth-order valence-electron chi connectivity index (χ4n) is 0.677. The summed E-state index contributed by atoms with van der Waals surface area (Å²) in [5, 5.41) is 0. The van der Waals surface area contributed by atoms with Gasteiger partial charge in [0.2, 0.25) is 5.88 Å². The largest absolute Gasteiger partial charge is 0.473 e. The third-order valence-corrected chi connectivity index (χ3v) is 1.73. The molecular weight excluding hydrogens is 218 g/mol. The van der Waals surface area contributed by atoms with Crippen LogP contribution in [0.4, 0.5) is 0 Å². The van der Waals surface area contributed by atoms with E-state index < -0.39 is 0 Å². The molecule has 0 amide bonds. The number of rotatable bonds is 3. The van der Waals surface area contributed by atoms with Crippen molar-refractivity contribution >= 4 is 15.9 Å². The average Bonchev–Trinajstić information content (AvgIpc) is 2.09. The fraction of sp³-hybridized carbons (Fsp3) is 0.222. The Bertz CT molecular complexity index is 256. The molecule has 0 aliphatic heterocycles. The maximum Gasteiger partial charge on any atom is 0.213 e. The maximum atomic E-state index is 5.28. The second-order valence-electron chi connectivity index (χ2n) is 2.19. The minimum Gasteiger partial charge on any atom is -0.473 e. The predicted molar refractivity (Wildman–Crippen MR) is 52.2 cm³/mol. The highest BCUT2D eigenvalue weighted by atomic mass is 79.9. The molecule has 0 aliphatic carbocycles. The Morgan fingerprint density at radius 2 is 2.42 bits per heavy atom. The van der Waals surface area contributed by atoms with Crippen LogP contribution in [0.3, 0.4) is 0 Å². The molecule has 0 bridgehead atoms. The first-order valence-electron chi connectivity index (χ1n) is 3.68. The number of hydrogen-bond donors (Lipinski definition) is 0. The van der Waals surface area contributed by atoms with Gasteiger partial charge in [-0.15, -0.1) is 0 Å². The van der Waals surface area contributed by atoms with Crippen LogP contribution in [0.2, 0.25) is 0 Å². The number of allylic oxidation sites excluding steroid dienone is 1. The number of hydrogen-bond acceptors (Lipinski definition) is 2. The van der Waals surface area contributed by atoms with Crippen LogP contribution in [0.5, 0.6) is 5.88 Å². The number of nitrogens with zero attached hydrogens (tertiary/aromatic N) is 1. The zero-order valence-corrected chi connectivity index (χ0v) is 8.41. The van der Waals surface area contributed by atoms with Gasteiger partial charge in [0.15, 0.2) is 0 Å². The highest BCUT2D eigenvalue weighted by Gasteiger charge is 1.91. The van der Waals surface area contributed by atoms with E-state index in [1.54, 1.807) is 6.20 Å². The molecule has 0 saturated carbocycles. The van der Waals surface area contributed by atoms with Gasteiger partial charge in [-0.25, -0.2) is 4.98 Å². The quantitative estimate of drug-likeness (QED) is 0.742. The molecule has 0 saturated heterocycles. The van der Waals surface area contributed by atoms with E-state index >= 15 is 0 Å². The molecule has 64 valence electrons. The van der Waals surface area contributed by atoms with Crippen molar-refractivity contribution in [2.45, 2.75) is 6.92 Å². The van der Waals surface area contributed by atoms with Gasteiger partial charge >= 0.3 is 0 Å². The Hall–Kier alpha value is -0.830. The SMILES string of the molecule is CC=CCOc1ccc(Br)cn1. The van der Waals surface area contributed by atoms with Crippen LogP contribution in [0.1, 0.15) is 6.92 Å². The minimum atomic E-state index is 0.575. The van der Waals surface area contributed by atoms with Gasteiger partial charge in [-0.2, -0.15) is 0 Å². The summed E-state index contributed by atoms with van der Waals surface area (Å²) in [6, 6.07) is 3.73. The van der Waals surface area contributed by atoms with E-state index in [0.717, 1.165) is 4.47 Å². The first kappa shape index (κ1) is 9.26. The van der Waals surface area contributed by atoms with Gasteiger partial charge in [0, 0.05) is 16.7 Å². The molecule has 0 N–H and O–H groups in total. The second-order valence-corrected chi connectivity index (χ2v) is 3.11. The van der Waals surface area contributed by atoms with Crippen LogP contribution < -0.4 is 4.74 Å². The first-order valence-corrected chi connectivity index (χ1v) is 4.47. The molecular formula is C9H10BrNO. The van der Waals surface area contributed by atoms with E-state index in [4.69, 9.17) is 4.74 Å². The van der Waals surface area contributed by atoms with Crippen molar-refractivity contribution < 1.29 is 4.74 Å². The summed E-state index contributed by atoms with van der Waals surface area (Å²) >= 11 is 3.30. The van der Waals surface area contributed by atoms with Crippen LogP contribution in [0.15, 0.2) is 35.0 Å². The Balaban J connectivity index is 2.47. The molecule has 0 aliphatic rings. The lowest BCUT2D eigenvalue weighted by Gasteiger charge is -2.00. The van der Waals surface area contributed by atoms with Gasteiger partial charge in [0.1, 0.15) is 6.61 Å². The van der Waals surface area contributed by atoms with Crippen molar-refractivity contribution in [2.75, 3.05) is 6.61 Å². The molecule has 1 aromatic rings. The van der Waals surface area contributed by atoms with Crippen molar-refractivity contribution in [3.8, 4) is 5.88 Å². The summed E-state index contributed by atoms with van der Waals surface area (Å²) in [7, 11) is 0. The van der Waals surface area contributed by atoms with E-state index in [-0.39, 0.29) is 0 Å². The molecule has 0 spiro atoms. The molecule has 12 heavy (non-hydrogen) atoms. The van der Waals surface area contributed by atoms with Crippen molar-refractivity contribution in [1.82, 2.24) is 4.98 Å². The summed E-state index contributed by atoms with van der Waals surface area (Å²) in [5.41, 5.74) is 0. The fourth-order valence-corrected chi connectivity index (χ4v) is 0.912. The molecule has 0 atom stereocenters. The summed E-state index contributed by atoms with van der Waals surface area (Å²) < 4.78 is 6.24. The molecule has 3 heteroatoms. The molecule has 0 aromatic carbocycles. The monoisotopic (exact) mass is 227 g/mol. The lowest BCUT2D eigenvalue weighted by Crippen LogP contribution is -1.94. The van der Waals surface area contributed by atoms with Crippen molar-refractivity contribution in [1.29, 1.82) is 0 Å². The van der Waals surface area contributed by atoms with E-state index in [9.17, 15) is 0 Å². The van der Waals surface area contributed by atoms with Crippen molar-refractivity contribution in [3.63, 3.8) is 0 Å². The Morgan fingerprint density at radius 3 is 3.00 bits per heavy atom. The minimum absolute atomic E-state index is 0.575. The van der Waals surface area contributed by atoms with E-state index in [1.165, 1.54) is 0 Å². The lowest BCUT2D eigenvalue weighted by atomic mass is 10.5. The molecule has 2 nitrogen and oxygen atoms in total. The maximum absolute atomic E-state index is 5.28. The van der Waals surface area contributed by atoms with Crippen molar-refractivity contribution in [3.05, 3.63) is 35.0 Å². The van der Waals surface area contributed by atoms with E-state index in [0.29, 0.717) is 12.5 Å². The van der Waals surface area contributed by atoms with Crippen LogP contribution in [-0.2, 0) is 0 Å². The number of halogens is 1. The molecule has 1 rings (SSSR count). The molecule has 0 unspecified atom stereocenters. The van der Waals surface area contributed by atoms with Crippen LogP contribution in [0, 0.1) is 0 Å². The third kappa shape index (κ3) is 3.05. The molecule has 1 heterocycles. The zero-order valence-electron chi connectivity index (χ0n) is 6.83. The summed E-state index contributed by atoms with van der Waals surface area (Å²) in [6.45, 7) is 2.53. The van der Waals surface area contributed by atoms with E-state index in [1.807, 2.05) is 31.2 Å². The zero-order chi connectivity index (χ0) is 8.81. The van der Waals surface area contributed by atoms with Gasteiger partial charge in [0.25, 0.3) is 0 Å². The van der Waals surface area contributed by atoms with Gasteiger partial charge in [-0.3, -0.25) is 0 Å². The van der Waals surface area contributed by atoms with Gasteiger partial charge in [0.05, 0.1) is 0 Å². The normalized spacial score (nSPS) is 10.5. The summed E-state index contributed by atoms with van der Waals surface area (Å²) in [6.07, 6.45) is 5.59. The van der Waals surface area contributed by atoms with Gasteiger partial charge in [-0.05, 0) is 28.9 Å². The topological polar surface area (TPSA) is 22.1 Å². The van der Waals surface area contributed by atoms with Crippen LogP contribution >= 0.6 is 15.9 Å². The predicted octanol–water partition coefficient (Wildman–Crippen LogP) is 2.80. The summed E-state index contributed by atoms with van der Waals surface area (Å²) in [5.74, 6) is 0.649. The standard InChI is InChI=1S/C9H10BrNO/c1-2-3-6-12-9-5-4-8(10)7-11-9/h2-5,7H,6H2,1H3. The third-order valence-electron chi connectivity index (χ3n) is 1.26. The molecule has 1 aromatic heterocycles. The van der Waals surface area contributed by atoms with Gasteiger partial charge < -0.3 is 4.74 Å². The van der Waals surface area contributed by atoms with Crippen LogP contribution in [-0.4, -0.2) is 11.6 Å². The second kappa shape index (κ2) is 4.93. The first-order chi connectivity index (χ1) is 5.83. The highest BCUT2D eigenvalue weighted by molar-refractivity contribution is 9.10. The highest BCUT2D eigenvalue weighted by Crippen LogP contribution is 2.11. The Labute approximate surface area is 80.4 Å². The van der Waals surface area contributed by atoms with E-state index in [2.05, 4.69) is 20.9 Å². The number of pyridine rings is 1.